The summed E-state index contributed by atoms with van der Waals surface area (Å²) in [6.07, 6.45) is 1.49. The molecule has 0 bridgehead atoms. The molecule has 0 spiro atoms. The predicted molar refractivity (Wildman–Crippen MR) is 128 cm³/mol. The van der Waals surface area contributed by atoms with E-state index >= 15 is 0 Å². The van der Waals surface area contributed by atoms with Crippen LogP contribution in [0.15, 0.2) is 53.4 Å². The van der Waals surface area contributed by atoms with Gasteiger partial charge < -0.3 is 5.32 Å². The zero-order chi connectivity index (χ0) is 23.5. The molecule has 32 heavy (non-hydrogen) atoms. The Morgan fingerprint density at radius 3 is 2.41 bits per heavy atom. The number of fused-ring (bicyclic) bond motifs is 1. The van der Waals surface area contributed by atoms with Gasteiger partial charge in [-0.05, 0) is 29.3 Å². The average molecular weight is 457 g/mol. The zero-order valence-corrected chi connectivity index (χ0v) is 20.2. The molecule has 0 unspecified atom stereocenters. The summed E-state index contributed by atoms with van der Waals surface area (Å²) in [7, 11) is -2.07. The molecule has 3 aromatic rings. The Bertz CT molecular complexity index is 1210. The highest BCUT2D eigenvalue weighted by molar-refractivity contribution is 7.89. The van der Waals surface area contributed by atoms with Gasteiger partial charge >= 0.3 is 0 Å². The Morgan fingerprint density at radius 2 is 1.78 bits per heavy atom. The normalized spacial score (nSPS) is 12.4. The Kier molecular flexibility index (Phi) is 7.05. The summed E-state index contributed by atoms with van der Waals surface area (Å²) in [5.74, 6) is 0.146. The maximum atomic E-state index is 13.4. The van der Waals surface area contributed by atoms with E-state index in [1.54, 1.807) is 29.9 Å². The molecule has 0 fully saturated rings. The number of anilines is 1. The molecule has 1 N–H and O–H groups in total. The first kappa shape index (κ1) is 23.9. The van der Waals surface area contributed by atoms with E-state index < -0.39 is 15.9 Å². The van der Waals surface area contributed by atoms with E-state index in [9.17, 15) is 13.2 Å². The molecular weight excluding hydrogens is 424 g/mol. The number of amides is 1. The third kappa shape index (κ3) is 5.37. The fraction of sp³-hybridized carbons (Fsp3) is 0.417. The quantitative estimate of drug-likeness (QED) is 0.548. The Labute approximate surface area is 190 Å². The van der Waals surface area contributed by atoms with Gasteiger partial charge in [-0.1, -0.05) is 64.4 Å². The SMILES string of the molecule is CCCCN(CC(=O)Nc1cc(C(C)(C)C)nn1C)S(=O)(=O)c1ccc2ccccc2c1. The number of rotatable bonds is 8. The van der Waals surface area contributed by atoms with Gasteiger partial charge in [0.1, 0.15) is 5.82 Å². The summed E-state index contributed by atoms with van der Waals surface area (Å²) < 4.78 is 29.7. The second-order valence-corrected chi connectivity index (χ2v) is 11.0. The van der Waals surface area contributed by atoms with E-state index in [-0.39, 0.29) is 23.4 Å². The van der Waals surface area contributed by atoms with Crippen LogP contribution in [-0.2, 0) is 27.3 Å². The molecule has 0 aliphatic rings. The van der Waals surface area contributed by atoms with Crippen LogP contribution < -0.4 is 5.32 Å². The topological polar surface area (TPSA) is 84.3 Å². The fourth-order valence-corrected chi connectivity index (χ4v) is 4.86. The number of nitrogens with zero attached hydrogens (tertiary/aromatic N) is 3. The Balaban J connectivity index is 1.84. The van der Waals surface area contributed by atoms with Crippen molar-refractivity contribution in [3.8, 4) is 0 Å². The minimum absolute atomic E-state index is 0.159. The molecule has 0 atom stereocenters. The summed E-state index contributed by atoms with van der Waals surface area (Å²) in [5, 5.41) is 9.09. The van der Waals surface area contributed by atoms with Gasteiger partial charge in [0.15, 0.2) is 0 Å². The number of unbranched alkanes of at least 4 members (excludes halogenated alkanes) is 1. The number of carbonyl (C=O) groups excluding carboxylic acids is 1. The second kappa shape index (κ2) is 9.42. The number of aromatic nitrogens is 2. The lowest BCUT2D eigenvalue weighted by Crippen LogP contribution is -2.38. The van der Waals surface area contributed by atoms with Crippen molar-refractivity contribution in [3.63, 3.8) is 0 Å². The van der Waals surface area contributed by atoms with Crippen LogP contribution in [0.5, 0.6) is 0 Å². The minimum atomic E-state index is -3.83. The van der Waals surface area contributed by atoms with Gasteiger partial charge in [0.25, 0.3) is 0 Å². The lowest BCUT2D eigenvalue weighted by atomic mass is 9.92. The molecule has 1 amide bonds. The van der Waals surface area contributed by atoms with Gasteiger partial charge in [0.05, 0.1) is 17.1 Å². The number of aryl methyl sites for hydroxylation is 1. The second-order valence-electron chi connectivity index (χ2n) is 9.04. The van der Waals surface area contributed by atoms with E-state index in [2.05, 4.69) is 10.4 Å². The van der Waals surface area contributed by atoms with Gasteiger partial charge in [0.2, 0.25) is 15.9 Å². The molecule has 172 valence electrons. The van der Waals surface area contributed by atoms with Crippen LogP contribution >= 0.6 is 0 Å². The number of sulfonamides is 1. The van der Waals surface area contributed by atoms with Crippen molar-refractivity contribution in [3.05, 3.63) is 54.2 Å². The van der Waals surface area contributed by atoms with Crippen LogP contribution in [0.25, 0.3) is 10.8 Å². The zero-order valence-electron chi connectivity index (χ0n) is 19.4. The minimum Gasteiger partial charge on any atom is -0.310 e. The first-order valence-corrected chi connectivity index (χ1v) is 12.3. The van der Waals surface area contributed by atoms with Crippen molar-refractivity contribution < 1.29 is 13.2 Å². The van der Waals surface area contributed by atoms with Crippen LogP contribution in [0.1, 0.15) is 46.2 Å². The van der Waals surface area contributed by atoms with Crippen molar-refractivity contribution in [2.45, 2.75) is 50.8 Å². The number of benzene rings is 2. The van der Waals surface area contributed by atoms with E-state index in [0.717, 1.165) is 22.9 Å². The molecule has 0 saturated heterocycles. The summed E-state index contributed by atoms with van der Waals surface area (Å²) in [5.41, 5.74) is 0.690. The highest BCUT2D eigenvalue weighted by Crippen LogP contribution is 2.24. The van der Waals surface area contributed by atoms with Crippen molar-refractivity contribution in [1.82, 2.24) is 14.1 Å². The molecule has 8 heteroatoms. The van der Waals surface area contributed by atoms with E-state index in [1.165, 1.54) is 4.31 Å². The van der Waals surface area contributed by atoms with Gasteiger partial charge in [0, 0.05) is 25.1 Å². The maximum Gasteiger partial charge on any atom is 0.243 e. The van der Waals surface area contributed by atoms with Gasteiger partial charge in [-0.2, -0.15) is 9.40 Å². The van der Waals surface area contributed by atoms with E-state index in [0.29, 0.717) is 12.2 Å². The van der Waals surface area contributed by atoms with Crippen molar-refractivity contribution >= 4 is 32.5 Å². The number of carbonyl (C=O) groups is 1. The van der Waals surface area contributed by atoms with Crippen molar-refractivity contribution in [1.29, 1.82) is 0 Å². The summed E-state index contributed by atoms with van der Waals surface area (Å²) in [6.45, 7) is 8.14. The molecule has 0 aliphatic heterocycles. The van der Waals surface area contributed by atoms with E-state index in [1.807, 2.05) is 58.0 Å². The van der Waals surface area contributed by atoms with Crippen LogP contribution in [0.4, 0.5) is 5.82 Å². The van der Waals surface area contributed by atoms with Crippen LogP contribution in [0.2, 0.25) is 0 Å². The third-order valence-electron chi connectivity index (χ3n) is 5.36. The average Bonchev–Trinajstić information content (AvgIpc) is 3.11. The van der Waals surface area contributed by atoms with Crippen LogP contribution in [-0.4, -0.2) is 41.5 Å². The van der Waals surface area contributed by atoms with Crippen LogP contribution in [0, 0.1) is 0 Å². The van der Waals surface area contributed by atoms with Crippen LogP contribution in [0.3, 0.4) is 0 Å². The largest absolute Gasteiger partial charge is 0.310 e. The first-order valence-electron chi connectivity index (χ1n) is 10.9. The van der Waals surface area contributed by atoms with Gasteiger partial charge in [-0.15, -0.1) is 0 Å². The van der Waals surface area contributed by atoms with Gasteiger partial charge in [-0.3, -0.25) is 9.48 Å². The molecule has 7 nitrogen and oxygen atoms in total. The smallest absolute Gasteiger partial charge is 0.243 e. The molecule has 1 aromatic heterocycles. The lowest BCUT2D eigenvalue weighted by Gasteiger charge is -2.22. The Morgan fingerprint density at radius 1 is 1.09 bits per heavy atom. The standard InChI is InChI=1S/C24H32N4O3S/c1-6-7-14-28(17-23(29)25-22-16-21(24(2,3)4)26-27(22)5)32(30,31)20-13-12-18-10-8-9-11-19(18)15-20/h8-13,15-16H,6-7,14,17H2,1-5H3,(H,25,29). The van der Waals surface area contributed by atoms with Crippen molar-refractivity contribution in [2.24, 2.45) is 7.05 Å². The fourth-order valence-electron chi connectivity index (χ4n) is 3.39. The summed E-state index contributed by atoms with van der Waals surface area (Å²) in [4.78, 5) is 13.0. The van der Waals surface area contributed by atoms with Gasteiger partial charge in [-0.25, -0.2) is 8.42 Å². The maximum absolute atomic E-state index is 13.4. The van der Waals surface area contributed by atoms with E-state index in [4.69, 9.17) is 0 Å². The third-order valence-corrected chi connectivity index (χ3v) is 7.20. The lowest BCUT2D eigenvalue weighted by molar-refractivity contribution is -0.116. The summed E-state index contributed by atoms with van der Waals surface area (Å²) >= 11 is 0. The highest BCUT2D eigenvalue weighted by Gasteiger charge is 2.27. The number of nitrogens with one attached hydrogen (secondary N) is 1. The predicted octanol–water partition coefficient (Wildman–Crippen LogP) is 4.30. The molecule has 0 saturated carbocycles. The molecule has 0 aliphatic carbocycles. The number of hydrogen-bond donors (Lipinski definition) is 1. The number of hydrogen-bond acceptors (Lipinski definition) is 4. The van der Waals surface area contributed by atoms with Crippen molar-refractivity contribution in [2.75, 3.05) is 18.4 Å². The molecular formula is C24H32N4O3S. The molecule has 0 radical (unpaired) electrons. The summed E-state index contributed by atoms with van der Waals surface area (Å²) in [6, 6.07) is 14.5. The Hall–Kier alpha value is -2.71. The monoisotopic (exact) mass is 456 g/mol. The highest BCUT2D eigenvalue weighted by atomic mass is 32.2. The first-order chi connectivity index (χ1) is 15.0. The molecule has 2 aromatic carbocycles. The molecule has 1 heterocycles. The molecule has 3 rings (SSSR count).